The number of amides is 1. The minimum Gasteiger partial charge on any atom is -0.356 e. The van der Waals surface area contributed by atoms with Crippen molar-refractivity contribution in [3.8, 4) is 0 Å². The second-order valence-electron chi connectivity index (χ2n) is 6.62. The molecule has 1 atom stereocenters. The normalized spacial score (nSPS) is 17.6. The Balaban J connectivity index is 1.57. The molecule has 1 aliphatic heterocycles. The number of hydrogen-bond acceptors (Lipinski definition) is 2. The van der Waals surface area contributed by atoms with Crippen molar-refractivity contribution in [2.45, 2.75) is 51.5 Å². The predicted molar refractivity (Wildman–Crippen MR) is 104 cm³/mol. The molecule has 1 amide bonds. The fraction of sp³-hybridized carbons (Fsp3) is 0.600. The van der Waals surface area contributed by atoms with Gasteiger partial charge in [0, 0.05) is 39.1 Å². The minimum absolute atomic E-state index is 0.241. The second-order valence-corrected chi connectivity index (χ2v) is 6.62. The first-order valence-corrected chi connectivity index (χ1v) is 9.51. The summed E-state index contributed by atoms with van der Waals surface area (Å²) in [5, 5.41) is 6.82. The molecule has 1 unspecified atom stereocenters. The molecular weight excluding hydrogens is 312 g/mol. The van der Waals surface area contributed by atoms with E-state index in [-0.39, 0.29) is 5.91 Å². The zero-order chi connectivity index (χ0) is 17.9. The largest absolute Gasteiger partial charge is 0.356 e. The number of aryl methyl sites for hydroxylation is 1. The van der Waals surface area contributed by atoms with E-state index in [1.54, 1.807) is 7.05 Å². The molecule has 1 heterocycles. The lowest BCUT2D eigenvalue weighted by molar-refractivity contribution is -0.129. The van der Waals surface area contributed by atoms with Crippen molar-refractivity contribution in [2.75, 3.05) is 26.7 Å². The van der Waals surface area contributed by atoms with Crippen LogP contribution < -0.4 is 10.6 Å². The van der Waals surface area contributed by atoms with Crippen molar-refractivity contribution in [2.24, 2.45) is 4.99 Å². The van der Waals surface area contributed by atoms with Crippen molar-refractivity contribution in [3.05, 3.63) is 35.9 Å². The highest BCUT2D eigenvalue weighted by Gasteiger charge is 2.25. The van der Waals surface area contributed by atoms with E-state index in [2.05, 4.69) is 46.0 Å². The lowest BCUT2D eigenvalue weighted by Crippen LogP contribution is -2.45. The van der Waals surface area contributed by atoms with Crippen LogP contribution in [-0.4, -0.2) is 49.5 Å². The molecule has 5 heteroatoms. The molecule has 25 heavy (non-hydrogen) atoms. The maximum absolute atomic E-state index is 11.7. The van der Waals surface area contributed by atoms with E-state index in [1.807, 2.05) is 11.8 Å². The zero-order valence-electron chi connectivity index (χ0n) is 15.6. The van der Waals surface area contributed by atoms with Gasteiger partial charge in [-0.05, 0) is 31.2 Å². The summed E-state index contributed by atoms with van der Waals surface area (Å²) in [4.78, 5) is 18.0. The van der Waals surface area contributed by atoms with E-state index in [4.69, 9.17) is 0 Å². The van der Waals surface area contributed by atoms with Crippen molar-refractivity contribution >= 4 is 11.9 Å². The number of hydrogen-bond donors (Lipinski definition) is 2. The number of unbranched alkanes of at least 4 members (excludes halogenated alkanes) is 2. The van der Waals surface area contributed by atoms with Gasteiger partial charge in [-0.2, -0.15) is 0 Å². The molecule has 0 aromatic heterocycles. The van der Waals surface area contributed by atoms with Gasteiger partial charge in [0.15, 0.2) is 5.96 Å². The van der Waals surface area contributed by atoms with Crippen LogP contribution >= 0.6 is 0 Å². The number of nitrogens with one attached hydrogen (secondary N) is 2. The Morgan fingerprint density at radius 3 is 2.76 bits per heavy atom. The van der Waals surface area contributed by atoms with Gasteiger partial charge in [0.1, 0.15) is 0 Å². The van der Waals surface area contributed by atoms with Crippen LogP contribution in [0.1, 0.15) is 44.6 Å². The highest BCUT2D eigenvalue weighted by molar-refractivity contribution is 5.80. The smallest absolute Gasteiger partial charge is 0.222 e. The maximum Gasteiger partial charge on any atom is 0.222 e. The van der Waals surface area contributed by atoms with Crippen LogP contribution in [0.3, 0.4) is 0 Å². The number of aliphatic imine (C=N–C) groups is 1. The van der Waals surface area contributed by atoms with E-state index < -0.39 is 0 Å². The van der Waals surface area contributed by atoms with Crippen LogP contribution in [0.2, 0.25) is 0 Å². The first-order valence-electron chi connectivity index (χ1n) is 9.51. The molecule has 1 fully saturated rings. The summed E-state index contributed by atoms with van der Waals surface area (Å²) in [6, 6.07) is 11.0. The molecule has 1 aliphatic rings. The summed E-state index contributed by atoms with van der Waals surface area (Å²) in [5.74, 6) is 1.09. The van der Waals surface area contributed by atoms with Crippen molar-refractivity contribution in [1.29, 1.82) is 0 Å². The van der Waals surface area contributed by atoms with Crippen LogP contribution in [0.4, 0.5) is 0 Å². The van der Waals surface area contributed by atoms with Gasteiger partial charge in [-0.1, -0.05) is 43.7 Å². The highest BCUT2D eigenvalue weighted by Crippen LogP contribution is 2.10. The molecule has 0 radical (unpaired) electrons. The number of likely N-dealkylation sites (tertiary alicyclic amines) is 1. The lowest BCUT2D eigenvalue weighted by atomic mass is 10.1. The van der Waals surface area contributed by atoms with Gasteiger partial charge >= 0.3 is 0 Å². The number of rotatable bonds is 8. The average Bonchev–Trinajstić information content (AvgIpc) is 3.12. The van der Waals surface area contributed by atoms with Crippen LogP contribution in [0.25, 0.3) is 0 Å². The predicted octanol–water partition coefficient (Wildman–Crippen LogP) is 2.58. The number of carbonyl (C=O) groups excluding carboxylic acids is 1. The number of benzene rings is 1. The standard InChI is InChI=1S/C20H32N4O/c1-3-19(25)24-15-13-18(16-24)23-20(21-2)22-14-9-5-8-12-17-10-6-4-7-11-17/h4,6-7,10-11,18H,3,5,8-9,12-16H2,1-2H3,(H2,21,22,23). The van der Waals surface area contributed by atoms with Gasteiger partial charge in [-0.3, -0.25) is 9.79 Å². The monoisotopic (exact) mass is 344 g/mol. The van der Waals surface area contributed by atoms with Gasteiger partial charge in [0.05, 0.1) is 0 Å². The first-order chi connectivity index (χ1) is 12.2. The average molecular weight is 345 g/mol. The Morgan fingerprint density at radius 2 is 2.04 bits per heavy atom. The SMILES string of the molecule is CCC(=O)N1CCC(NC(=NC)NCCCCCc2ccccc2)C1. The summed E-state index contributed by atoms with van der Waals surface area (Å²) < 4.78 is 0. The number of nitrogens with zero attached hydrogens (tertiary/aromatic N) is 2. The number of carbonyl (C=O) groups is 1. The van der Waals surface area contributed by atoms with Gasteiger partial charge in [-0.25, -0.2) is 0 Å². The zero-order valence-corrected chi connectivity index (χ0v) is 15.6. The van der Waals surface area contributed by atoms with Gasteiger partial charge in [0.2, 0.25) is 5.91 Å². The lowest BCUT2D eigenvalue weighted by Gasteiger charge is -2.18. The third-order valence-corrected chi connectivity index (χ3v) is 4.69. The Labute approximate surface area is 151 Å². The molecule has 138 valence electrons. The molecule has 2 rings (SSSR count). The van der Waals surface area contributed by atoms with E-state index in [0.29, 0.717) is 12.5 Å². The molecule has 5 nitrogen and oxygen atoms in total. The van der Waals surface area contributed by atoms with E-state index >= 15 is 0 Å². The summed E-state index contributed by atoms with van der Waals surface area (Å²) in [6.45, 7) is 4.48. The Hall–Kier alpha value is -2.04. The van der Waals surface area contributed by atoms with E-state index in [0.717, 1.165) is 44.9 Å². The van der Waals surface area contributed by atoms with Crippen molar-refractivity contribution < 1.29 is 4.79 Å². The fourth-order valence-corrected chi connectivity index (χ4v) is 3.20. The van der Waals surface area contributed by atoms with Gasteiger partial charge in [-0.15, -0.1) is 0 Å². The molecule has 1 saturated heterocycles. The Bertz CT molecular complexity index is 544. The van der Waals surface area contributed by atoms with Gasteiger partial charge < -0.3 is 15.5 Å². The van der Waals surface area contributed by atoms with E-state index in [9.17, 15) is 4.79 Å². The molecule has 2 N–H and O–H groups in total. The third kappa shape index (κ3) is 6.77. The summed E-state index contributed by atoms with van der Waals surface area (Å²) in [7, 11) is 1.80. The second kappa shape index (κ2) is 10.7. The topological polar surface area (TPSA) is 56.7 Å². The molecule has 1 aromatic rings. The quantitative estimate of drug-likeness (QED) is 0.433. The van der Waals surface area contributed by atoms with Crippen molar-refractivity contribution in [3.63, 3.8) is 0 Å². The highest BCUT2D eigenvalue weighted by atomic mass is 16.2. The summed E-state index contributed by atoms with van der Waals surface area (Å²) in [5.41, 5.74) is 1.42. The molecule has 0 aliphatic carbocycles. The molecular formula is C20H32N4O. The van der Waals surface area contributed by atoms with Crippen LogP contribution in [0.15, 0.2) is 35.3 Å². The molecule has 0 spiro atoms. The maximum atomic E-state index is 11.7. The molecule has 1 aromatic carbocycles. The molecule has 0 bridgehead atoms. The summed E-state index contributed by atoms with van der Waals surface area (Å²) in [6.07, 6.45) is 6.29. The first kappa shape index (κ1) is 19.3. The Kier molecular flexibility index (Phi) is 8.29. The molecule has 0 saturated carbocycles. The Morgan fingerprint density at radius 1 is 1.24 bits per heavy atom. The minimum atomic E-state index is 0.241. The van der Waals surface area contributed by atoms with Crippen LogP contribution in [0.5, 0.6) is 0 Å². The van der Waals surface area contributed by atoms with Crippen LogP contribution in [0, 0.1) is 0 Å². The number of guanidine groups is 1. The van der Waals surface area contributed by atoms with E-state index in [1.165, 1.54) is 18.4 Å². The van der Waals surface area contributed by atoms with Crippen molar-refractivity contribution in [1.82, 2.24) is 15.5 Å². The van der Waals surface area contributed by atoms with Crippen LogP contribution in [-0.2, 0) is 11.2 Å². The third-order valence-electron chi connectivity index (χ3n) is 4.69. The van der Waals surface area contributed by atoms with Gasteiger partial charge in [0.25, 0.3) is 0 Å². The fourth-order valence-electron chi connectivity index (χ4n) is 3.20. The summed E-state index contributed by atoms with van der Waals surface area (Å²) >= 11 is 0.